The fraction of sp³-hybridized carbons (Fsp3) is 0.727. The topological polar surface area (TPSA) is 12.5 Å². The van der Waals surface area contributed by atoms with Gasteiger partial charge in [0.25, 0.3) is 0 Å². The molecule has 138 valence electrons. The Labute approximate surface area is 150 Å². The minimum absolute atomic E-state index is 0.310. The van der Waals surface area contributed by atoms with E-state index in [0.29, 0.717) is 6.10 Å². The van der Waals surface area contributed by atoms with E-state index >= 15 is 0 Å². The summed E-state index contributed by atoms with van der Waals surface area (Å²) in [5.41, 5.74) is 1.28. The Kier molecular flexibility index (Phi) is 11.4. The third-order valence-electron chi connectivity index (χ3n) is 4.77. The molecule has 2 nitrogen and oxygen atoms in total. The molecule has 1 atom stereocenters. The van der Waals surface area contributed by atoms with Gasteiger partial charge in [-0.25, -0.2) is 0 Å². The lowest BCUT2D eigenvalue weighted by Gasteiger charge is -2.21. The van der Waals surface area contributed by atoms with Crippen LogP contribution in [0.2, 0.25) is 0 Å². The van der Waals surface area contributed by atoms with Gasteiger partial charge in [-0.3, -0.25) is 0 Å². The number of benzene rings is 1. The Morgan fingerprint density at radius 2 is 1.33 bits per heavy atom. The molecule has 0 saturated heterocycles. The molecule has 0 saturated carbocycles. The highest BCUT2D eigenvalue weighted by Gasteiger charge is 2.06. The number of rotatable bonds is 14. The zero-order valence-corrected chi connectivity index (χ0v) is 16.5. The third-order valence-corrected chi connectivity index (χ3v) is 4.77. The third kappa shape index (κ3) is 8.61. The van der Waals surface area contributed by atoms with Crippen LogP contribution in [0.4, 0.5) is 5.69 Å². The second-order valence-corrected chi connectivity index (χ2v) is 6.86. The molecule has 0 radical (unpaired) electrons. The van der Waals surface area contributed by atoms with Crippen molar-refractivity contribution in [2.75, 3.05) is 18.0 Å². The molecule has 0 amide bonds. The quantitative estimate of drug-likeness (QED) is 0.346. The van der Waals surface area contributed by atoms with Crippen LogP contribution in [0.15, 0.2) is 24.3 Å². The van der Waals surface area contributed by atoms with Gasteiger partial charge in [0, 0.05) is 18.8 Å². The number of nitrogens with zero attached hydrogens (tertiary/aromatic N) is 1. The van der Waals surface area contributed by atoms with Crippen molar-refractivity contribution < 1.29 is 4.74 Å². The van der Waals surface area contributed by atoms with Crippen molar-refractivity contribution in [3.05, 3.63) is 24.3 Å². The lowest BCUT2D eigenvalue weighted by Crippen LogP contribution is -2.21. The molecular weight excluding hydrogens is 294 g/mol. The zero-order valence-electron chi connectivity index (χ0n) is 16.5. The molecule has 1 rings (SSSR count). The summed E-state index contributed by atoms with van der Waals surface area (Å²) in [4.78, 5) is 2.35. The first-order chi connectivity index (χ1) is 11.7. The lowest BCUT2D eigenvalue weighted by atomic mass is 10.1. The maximum atomic E-state index is 6.06. The van der Waals surface area contributed by atoms with E-state index in [9.17, 15) is 0 Å². The normalized spacial score (nSPS) is 12.2. The van der Waals surface area contributed by atoms with Gasteiger partial charge in [-0.2, -0.15) is 0 Å². The van der Waals surface area contributed by atoms with E-state index in [1.165, 1.54) is 57.1 Å². The first-order valence-corrected chi connectivity index (χ1v) is 10.2. The molecule has 0 aromatic heterocycles. The summed E-state index contributed by atoms with van der Waals surface area (Å²) >= 11 is 0. The lowest BCUT2D eigenvalue weighted by molar-refractivity contribution is 0.206. The fourth-order valence-electron chi connectivity index (χ4n) is 3.18. The van der Waals surface area contributed by atoms with Crippen LogP contribution in [0, 0.1) is 0 Å². The van der Waals surface area contributed by atoms with Crippen molar-refractivity contribution in [2.24, 2.45) is 0 Å². The molecule has 1 aromatic carbocycles. The van der Waals surface area contributed by atoms with E-state index in [0.717, 1.165) is 25.3 Å². The predicted octanol–water partition coefficient (Wildman–Crippen LogP) is 6.83. The minimum atomic E-state index is 0.310. The van der Waals surface area contributed by atoms with Crippen LogP contribution in [-0.2, 0) is 0 Å². The van der Waals surface area contributed by atoms with Crippen LogP contribution in [0.25, 0.3) is 0 Å². The average Bonchev–Trinajstić information content (AvgIpc) is 2.60. The van der Waals surface area contributed by atoms with Gasteiger partial charge < -0.3 is 9.64 Å². The molecule has 0 bridgehead atoms. The van der Waals surface area contributed by atoms with E-state index in [2.05, 4.69) is 56.9 Å². The number of hydrogen-bond donors (Lipinski definition) is 0. The molecule has 0 aliphatic rings. The van der Waals surface area contributed by atoms with Crippen LogP contribution in [0.5, 0.6) is 5.75 Å². The van der Waals surface area contributed by atoms with Gasteiger partial charge in [0.1, 0.15) is 5.75 Å². The number of unbranched alkanes of at least 4 members (excludes halogenated alkanes) is 7. The Hall–Kier alpha value is -1.18. The molecule has 1 unspecified atom stereocenters. The highest BCUT2D eigenvalue weighted by atomic mass is 16.5. The van der Waals surface area contributed by atoms with E-state index in [1.807, 2.05) is 0 Å². The van der Waals surface area contributed by atoms with E-state index in [1.54, 1.807) is 0 Å². The molecule has 1 aromatic rings. The highest BCUT2D eigenvalue weighted by Crippen LogP contribution is 2.21. The summed E-state index contributed by atoms with van der Waals surface area (Å²) in [7, 11) is 0. The van der Waals surface area contributed by atoms with Crippen molar-refractivity contribution in [1.29, 1.82) is 0 Å². The molecule has 0 N–H and O–H groups in total. The van der Waals surface area contributed by atoms with Crippen molar-refractivity contribution in [3.63, 3.8) is 0 Å². The first-order valence-electron chi connectivity index (χ1n) is 10.2. The standard InChI is InChI=1S/C22H39NO/c1-5-8-9-10-11-12-13-14-15-20(4)24-22-18-16-21(17-19-22)23(6-2)7-3/h16-20H,5-15H2,1-4H3. The summed E-state index contributed by atoms with van der Waals surface area (Å²) in [5, 5.41) is 0. The summed E-state index contributed by atoms with van der Waals surface area (Å²) in [5.74, 6) is 0.998. The van der Waals surface area contributed by atoms with Gasteiger partial charge >= 0.3 is 0 Å². The van der Waals surface area contributed by atoms with Crippen LogP contribution < -0.4 is 9.64 Å². The summed E-state index contributed by atoms with van der Waals surface area (Å²) in [6.07, 6.45) is 12.5. The monoisotopic (exact) mass is 333 g/mol. The van der Waals surface area contributed by atoms with Gasteiger partial charge in [0.05, 0.1) is 6.10 Å². The molecule has 0 spiro atoms. The van der Waals surface area contributed by atoms with Crippen LogP contribution in [0.1, 0.15) is 85.5 Å². The molecule has 24 heavy (non-hydrogen) atoms. The SMILES string of the molecule is CCCCCCCCCCC(C)Oc1ccc(N(CC)CC)cc1. The zero-order chi connectivity index (χ0) is 17.6. The van der Waals surface area contributed by atoms with Crippen molar-refractivity contribution in [1.82, 2.24) is 0 Å². The summed E-state index contributed by atoms with van der Waals surface area (Å²) in [6.45, 7) is 11.0. The van der Waals surface area contributed by atoms with Crippen LogP contribution in [0.3, 0.4) is 0 Å². The Balaban J connectivity index is 2.17. The number of anilines is 1. The Morgan fingerprint density at radius 1 is 0.792 bits per heavy atom. The summed E-state index contributed by atoms with van der Waals surface area (Å²) < 4.78 is 6.06. The molecule has 0 heterocycles. The van der Waals surface area contributed by atoms with Crippen LogP contribution in [-0.4, -0.2) is 19.2 Å². The predicted molar refractivity (Wildman–Crippen MR) is 107 cm³/mol. The van der Waals surface area contributed by atoms with Gasteiger partial charge in [0.15, 0.2) is 0 Å². The van der Waals surface area contributed by atoms with Gasteiger partial charge in [-0.05, 0) is 57.9 Å². The van der Waals surface area contributed by atoms with E-state index < -0.39 is 0 Å². The number of ether oxygens (including phenoxy) is 1. The second kappa shape index (κ2) is 13.1. The molecular formula is C22H39NO. The smallest absolute Gasteiger partial charge is 0.119 e. The van der Waals surface area contributed by atoms with Crippen molar-refractivity contribution >= 4 is 5.69 Å². The number of hydrogen-bond acceptors (Lipinski definition) is 2. The molecule has 0 aliphatic heterocycles. The van der Waals surface area contributed by atoms with Crippen molar-refractivity contribution in [3.8, 4) is 5.75 Å². The summed E-state index contributed by atoms with van der Waals surface area (Å²) in [6, 6.07) is 8.56. The molecule has 2 heteroatoms. The second-order valence-electron chi connectivity index (χ2n) is 6.86. The maximum Gasteiger partial charge on any atom is 0.119 e. The highest BCUT2D eigenvalue weighted by molar-refractivity contribution is 5.48. The Morgan fingerprint density at radius 3 is 1.88 bits per heavy atom. The molecule has 0 fully saturated rings. The van der Waals surface area contributed by atoms with Gasteiger partial charge in [0.2, 0.25) is 0 Å². The van der Waals surface area contributed by atoms with E-state index in [4.69, 9.17) is 4.74 Å². The largest absolute Gasteiger partial charge is 0.491 e. The van der Waals surface area contributed by atoms with Crippen molar-refractivity contribution in [2.45, 2.75) is 91.6 Å². The van der Waals surface area contributed by atoms with E-state index in [-0.39, 0.29) is 0 Å². The van der Waals surface area contributed by atoms with Gasteiger partial charge in [-0.15, -0.1) is 0 Å². The Bertz CT molecular complexity index is 397. The average molecular weight is 334 g/mol. The van der Waals surface area contributed by atoms with Crippen LogP contribution >= 0.6 is 0 Å². The van der Waals surface area contributed by atoms with Gasteiger partial charge in [-0.1, -0.05) is 51.9 Å². The first kappa shape index (κ1) is 20.9. The minimum Gasteiger partial charge on any atom is -0.491 e. The molecule has 0 aliphatic carbocycles. The maximum absolute atomic E-state index is 6.06. The fourth-order valence-corrected chi connectivity index (χ4v) is 3.18.